The van der Waals surface area contributed by atoms with E-state index in [4.69, 9.17) is 9.47 Å². The van der Waals surface area contributed by atoms with E-state index in [-0.39, 0.29) is 0 Å². The first-order valence-electron chi connectivity index (χ1n) is 7.33. The lowest BCUT2D eigenvalue weighted by atomic mass is 9.98. The molecule has 2 rings (SSSR count). The maximum atomic E-state index is 6.07. The molecule has 1 unspecified atom stereocenters. The smallest absolute Gasteiger partial charge is 0.0626 e. The minimum Gasteiger partial charge on any atom is -0.381 e. The van der Waals surface area contributed by atoms with Crippen LogP contribution in [0.3, 0.4) is 0 Å². The van der Waals surface area contributed by atoms with Gasteiger partial charge in [0.25, 0.3) is 0 Å². The van der Waals surface area contributed by atoms with Gasteiger partial charge in [0.05, 0.1) is 12.7 Å². The SMILES string of the molecule is CCNC(COC1CCOCC1)C1CCCC1. The van der Waals surface area contributed by atoms with Gasteiger partial charge in [0.1, 0.15) is 0 Å². The second kappa shape index (κ2) is 7.34. The van der Waals surface area contributed by atoms with Gasteiger partial charge in [-0.05, 0) is 38.1 Å². The van der Waals surface area contributed by atoms with E-state index < -0.39 is 0 Å². The van der Waals surface area contributed by atoms with Gasteiger partial charge in [0.15, 0.2) is 0 Å². The monoisotopic (exact) mass is 241 g/mol. The van der Waals surface area contributed by atoms with E-state index in [2.05, 4.69) is 12.2 Å². The third-order valence-corrected chi connectivity index (χ3v) is 4.11. The van der Waals surface area contributed by atoms with Crippen molar-refractivity contribution in [3.05, 3.63) is 0 Å². The van der Waals surface area contributed by atoms with Crippen LogP contribution in [0.15, 0.2) is 0 Å². The van der Waals surface area contributed by atoms with Crippen LogP contribution in [0.4, 0.5) is 0 Å². The van der Waals surface area contributed by atoms with E-state index in [1.807, 2.05) is 0 Å². The molecule has 0 spiro atoms. The van der Waals surface area contributed by atoms with Crippen LogP contribution in [0.1, 0.15) is 45.4 Å². The van der Waals surface area contributed by atoms with Crippen molar-refractivity contribution in [3.63, 3.8) is 0 Å². The fourth-order valence-corrected chi connectivity index (χ4v) is 3.07. The fourth-order valence-electron chi connectivity index (χ4n) is 3.07. The van der Waals surface area contributed by atoms with Gasteiger partial charge in [-0.15, -0.1) is 0 Å². The molecule has 0 radical (unpaired) electrons. The van der Waals surface area contributed by atoms with Crippen molar-refractivity contribution in [1.82, 2.24) is 5.32 Å². The maximum Gasteiger partial charge on any atom is 0.0626 e. The van der Waals surface area contributed by atoms with Crippen molar-refractivity contribution in [1.29, 1.82) is 0 Å². The second-order valence-electron chi connectivity index (χ2n) is 5.35. The largest absolute Gasteiger partial charge is 0.381 e. The summed E-state index contributed by atoms with van der Waals surface area (Å²) in [4.78, 5) is 0. The lowest BCUT2D eigenvalue weighted by Gasteiger charge is -2.28. The Kier molecular flexibility index (Phi) is 5.75. The quantitative estimate of drug-likeness (QED) is 0.774. The van der Waals surface area contributed by atoms with Crippen LogP contribution < -0.4 is 5.32 Å². The van der Waals surface area contributed by atoms with Gasteiger partial charge in [-0.3, -0.25) is 0 Å². The van der Waals surface area contributed by atoms with Crippen molar-refractivity contribution in [3.8, 4) is 0 Å². The summed E-state index contributed by atoms with van der Waals surface area (Å²) in [6.45, 7) is 5.89. The van der Waals surface area contributed by atoms with E-state index in [0.717, 1.165) is 45.1 Å². The first-order chi connectivity index (χ1) is 8.40. The molecule has 3 heteroatoms. The predicted molar refractivity (Wildman–Crippen MR) is 69.2 cm³/mol. The van der Waals surface area contributed by atoms with Gasteiger partial charge in [-0.2, -0.15) is 0 Å². The van der Waals surface area contributed by atoms with Crippen molar-refractivity contribution in [2.24, 2.45) is 5.92 Å². The molecule has 1 atom stereocenters. The van der Waals surface area contributed by atoms with Crippen LogP contribution in [0.2, 0.25) is 0 Å². The van der Waals surface area contributed by atoms with Gasteiger partial charge in [-0.1, -0.05) is 19.8 Å². The summed E-state index contributed by atoms with van der Waals surface area (Å²) in [6, 6.07) is 0.574. The Balaban J connectivity index is 1.72. The standard InChI is InChI=1S/C14H27NO2/c1-2-15-14(12-5-3-4-6-12)11-17-13-7-9-16-10-8-13/h12-15H,2-11H2,1H3. The Morgan fingerprint density at radius 3 is 2.53 bits per heavy atom. The summed E-state index contributed by atoms with van der Waals surface area (Å²) < 4.78 is 11.4. The molecule has 1 saturated carbocycles. The highest BCUT2D eigenvalue weighted by molar-refractivity contribution is 4.80. The lowest BCUT2D eigenvalue weighted by Crippen LogP contribution is -2.40. The summed E-state index contributed by atoms with van der Waals surface area (Å²) >= 11 is 0. The highest BCUT2D eigenvalue weighted by atomic mass is 16.5. The minimum atomic E-state index is 0.436. The first-order valence-corrected chi connectivity index (χ1v) is 7.33. The van der Waals surface area contributed by atoms with Crippen molar-refractivity contribution < 1.29 is 9.47 Å². The topological polar surface area (TPSA) is 30.5 Å². The van der Waals surface area contributed by atoms with E-state index >= 15 is 0 Å². The zero-order valence-corrected chi connectivity index (χ0v) is 11.1. The molecule has 17 heavy (non-hydrogen) atoms. The van der Waals surface area contributed by atoms with E-state index in [0.29, 0.717) is 12.1 Å². The van der Waals surface area contributed by atoms with Crippen molar-refractivity contribution in [2.45, 2.75) is 57.6 Å². The Morgan fingerprint density at radius 2 is 1.88 bits per heavy atom. The van der Waals surface area contributed by atoms with Gasteiger partial charge in [0, 0.05) is 19.3 Å². The molecule has 100 valence electrons. The highest BCUT2D eigenvalue weighted by Crippen LogP contribution is 2.28. The Morgan fingerprint density at radius 1 is 1.18 bits per heavy atom. The molecule has 1 heterocycles. The molecular weight excluding hydrogens is 214 g/mol. The first kappa shape index (κ1) is 13.3. The molecule has 0 bridgehead atoms. The zero-order valence-electron chi connectivity index (χ0n) is 11.1. The maximum absolute atomic E-state index is 6.07. The van der Waals surface area contributed by atoms with Crippen molar-refractivity contribution in [2.75, 3.05) is 26.4 Å². The van der Waals surface area contributed by atoms with Crippen molar-refractivity contribution >= 4 is 0 Å². The molecule has 3 nitrogen and oxygen atoms in total. The molecule has 0 aromatic carbocycles. The van der Waals surface area contributed by atoms with E-state index in [9.17, 15) is 0 Å². The number of ether oxygens (including phenoxy) is 2. The van der Waals surface area contributed by atoms with Gasteiger partial charge in [-0.25, -0.2) is 0 Å². The Bertz CT molecular complexity index is 198. The second-order valence-corrected chi connectivity index (χ2v) is 5.35. The van der Waals surface area contributed by atoms with Gasteiger partial charge in [0.2, 0.25) is 0 Å². The molecule has 0 amide bonds. The molecule has 1 aliphatic carbocycles. The Labute approximate surface area is 105 Å². The van der Waals surface area contributed by atoms with E-state index in [1.54, 1.807) is 0 Å². The number of hydrogen-bond acceptors (Lipinski definition) is 3. The highest BCUT2D eigenvalue weighted by Gasteiger charge is 2.25. The summed E-state index contributed by atoms with van der Waals surface area (Å²) in [5, 5.41) is 3.61. The molecule has 2 aliphatic rings. The summed E-state index contributed by atoms with van der Waals surface area (Å²) in [6.07, 6.45) is 8.16. The van der Waals surface area contributed by atoms with Gasteiger partial charge >= 0.3 is 0 Å². The minimum absolute atomic E-state index is 0.436. The predicted octanol–water partition coefficient (Wildman–Crippen LogP) is 2.35. The summed E-state index contributed by atoms with van der Waals surface area (Å²) in [5.74, 6) is 0.842. The number of nitrogens with one attached hydrogen (secondary N) is 1. The molecule has 1 saturated heterocycles. The van der Waals surface area contributed by atoms with Crippen LogP contribution in [0, 0.1) is 5.92 Å². The molecule has 0 aromatic rings. The van der Waals surface area contributed by atoms with Crippen LogP contribution >= 0.6 is 0 Å². The third-order valence-electron chi connectivity index (χ3n) is 4.11. The summed E-state index contributed by atoms with van der Waals surface area (Å²) in [7, 11) is 0. The fraction of sp³-hybridized carbons (Fsp3) is 1.00. The molecule has 0 aromatic heterocycles. The molecule has 2 fully saturated rings. The molecule has 1 aliphatic heterocycles. The van der Waals surface area contributed by atoms with E-state index in [1.165, 1.54) is 25.7 Å². The number of likely N-dealkylation sites (N-methyl/N-ethyl adjacent to an activating group) is 1. The van der Waals surface area contributed by atoms with Crippen LogP contribution in [0.5, 0.6) is 0 Å². The Hall–Kier alpha value is -0.120. The molecule has 1 N–H and O–H groups in total. The lowest BCUT2D eigenvalue weighted by molar-refractivity contribution is -0.0421. The normalized spacial score (nSPS) is 25.2. The molecular formula is C14H27NO2. The van der Waals surface area contributed by atoms with Crippen LogP contribution in [-0.4, -0.2) is 38.5 Å². The number of rotatable bonds is 6. The third kappa shape index (κ3) is 4.23. The van der Waals surface area contributed by atoms with Crippen LogP contribution in [0.25, 0.3) is 0 Å². The van der Waals surface area contributed by atoms with Crippen LogP contribution in [-0.2, 0) is 9.47 Å². The van der Waals surface area contributed by atoms with Gasteiger partial charge < -0.3 is 14.8 Å². The summed E-state index contributed by atoms with van der Waals surface area (Å²) in [5.41, 5.74) is 0. The average Bonchev–Trinajstić information content (AvgIpc) is 2.89. The number of hydrogen-bond donors (Lipinski definition) is 1. The average molecular weight is 241 g/mol. The zero-order chi connectivity index (χ0) is 11.9.